The number of esters is 2. The molecule has 0 bridgehead atoms. The minimum atomic E-state index is -0.906. The van der Waals surface area contributed by atoms with Crippen LogP contribution in [0, 0.1) is 6.92 Å². The van der Waals surface area contributed by atoms with Gasteiger partial charge in [-0.05, 0) is 74.7 Å². The lowest BCUT2D eigenvalue weighted by atomic mass is 9.95. The van der Waals surface area contributed by atoms with Gasteiger partial charge in [0.05, 0.1) is 52.2 Å². The number of methoxy groups -OCH3 is 1. The summed E-state index contributed by atoms with van der Waals surface area (Å²) in [4.78, 5) is 44.2. The molecule has 1 aliphatic rings. The zero-order valence-electron chi connectivity index (χ0n) is 27.5. The first-order valence-electron chi connectivity index (χ1n) is 15.4. The molecule has 49 heavy (non-hydrogen) atoms. The third kappa shape index (κ3) is 8.01. The largest absolute Gasteiger partial charge is 0.490 e. The van der Waals surface area contributed by atoms with Crippen LogP contribution in [0.4, 0.5) is 0 Å². The topological polar surface area (TPSA) is 115 Å². The maximum atomic E-state index is 14.2. The van der Waals surface area contributed by atoms with Gasteiger partial charge in [-0.25, -0.2) is 14.6 Å². The summed E-state index contributed by atoms with van der Waals surface area (Å²) in [6.45, 7) is 7.59. The highest BCUT2D eigenvalue weighted by Gasteiger charge is 2.34. The molecule has 0 saturated heterocycles. The van der Waals surface area contributed by atoms with Crippen LogP contribution >= 0.6 is 34.5 Å². The van der Waals surface area contributed by atoms with Crippen LogP contribution < -0.4 is 29.1 Å². The van der Waals surface area contributed by atoms with Crippen LogP contribution in [-0.2, 0) is 25.7 Å². The average molecular weight is 726 g/mol. The van der Waals surface area contributed by atoms with E-state index >= 15 is 0 Å². The van der Waals surface area contributed by atoms with E-state index in [1.807, 2.05) is 31.2 Å². The molecule has 0 unspecified atom stereocenters. The molecule has 1 aliphatic heterocycles. The second-order valence-electron chi connectivity index (χ2n) is 10.9. The maximum absolute atomic E-state index is 14.2. The Morgan fingerprint density at radius 3 is 2.31 bits per heavy atom. The van der Waals surface area contributed by atoms with Crippen LogP contribution in [0.3, 0.4) is 0 Å². The minimum absolute atomic E-state index is 0.128. The third-order valence-electron chi connectivity index (χ3n) is 7.50. The van der Waals surface area contributed by atoms with Crippen LogP contribution in [0.1, 0.15) is 49.1 Å². The number of thiazole rings is 1. The van der Waals surface area contributed by atoms with Gasteiger partial charge in [-0.1, -0.05) is 70.4 Å². The molecule has 1 atom stereocenters. The van der Waals surface area contributed by atoms with E-state index in [4.69, 9.17) is 42.1 Å². The molecule has 10 nitrogen and oxygen atoms in total. The van der Waals surface area contributed by atoms with E-state index in [2.05, 4.69) is 9.73 Å². The quantitative estimate of drug-likeness (QED) is 0.165. The summed E-state index contributed by atoms with van der Waals surface area (Å²) >= 11 is 14.4. The molecule has 0 amide bonds. The highest BCUT2D eigenvalue weighted by Crippen LogP contribution is 2.37. The zero-order valence-corrected chi connectivity index (χ0v) is 29.8. The summed E-state index contributed by atoms with van der Waals surface area (Å²) < 4.78 is 29.3. The Morgan fingerprint density at radius 2 is 1.65 bits per heavy atom. The Kier molecular flexibility index (Phi) is 11.5. The summed E-state index contributed by atoms with van der Waals surface area (Å²) in [5.74, 6) is -0.221. The van der Waals surface area contributed by atoms with Gasteiger partial charge in [0.2, 0.25) is 0 Å². The Balaban J connectivity index is 1.56. The average Bonchev–Trinajstić information content (AvgIpc) is 3.37. The highest BCUT2D eigenvalue weighted by molar-refractivity contribution is 7.07. The molecule has 1 aromatic heterocycles. The van der Waals surface area contributed by atoms with Crippen molar-refractivity contribution in [3.05, 3.63) is 118 Å². The number of carbonyl (C=O) groups is 2. The number of allylic oxidation sites excluding steroid dienone is 1. The van der Waals surface area contributed by atoms with Gasteiger partial charge < -0.3 is 23.7 Å². The molecule has 0 spiro atoms. The second kappa shape index (κ2) is 15.8. The first-order chi connectivity index (χ1) is 23.5. The van der Waals surface area contributed by atoms with Crippen molar-refractivity contribution in [3.63, 3.8) is 0 Å². The second-order valence-corrected chi connectivity index (χ2v) is 12.7. The van der Waals surface area contributed by atoms with Crippen LogP contribution in [-0.4, -0.2) is 43.4 Å². The number of ether oxygens (including phenoxy) is 5. The van der Waals surface area contributed by atoms with Gasteiger partial charge in [-0.15, -0.1) is 0 Å². The van der Waals surface area contributed by atoms with E-state index in [0.717, 1.165) is 22.5 Å². The van der Waals surface area contributed by atoms with Gasteiger partial charge in [0.1, 0.15) is 6.61 Å². The number of carbonyl (C=O) groups excluding carboxylic acids is 2. The maximum Gasteiger partial charge on any atom is 0.343 e. The van der Waals surface area contributed by atoms with Gasteiger partial charge in [0, 0.05) is 0 Å². The number of benzene rings is 3. The van der Waals surface area contributed by atoms with Crippen LogP contribution in [0.5, 0.6) is 17.2 Å². The Morgan fingerprint density at radius 1 is 0.939 bits per heavy atom. The number of aryl methyl sites for hydroxylation is 1. The smallest absolute Gasteiger partial charge is 0.343 e. The molecular formula is C36H34Cl2N2O8S. The number of aromatic nitrogens is 1. The predicted octanol–water partition coefficient (Wildman–Crippen LogP) is 5.94. The summed E-state index contributed by atoms with van der Waals surface area (Å²) in [6, 6.07) is 15.4. The SMILES string of the molecule is CCOC(=O)C1=C(C)N=c2s/c(=C\c3cc(Cl)c(OCc4ccc(C)cc4)c(Cl)c3)c(=O)n2[C@H]1c1ccc(OCC(=O)OC)c(OCC)c1. The van der Waals surface area contributed by atoms with Gasteiger partial charge >= 0.3 is 11.9 Å². The fraction of sp³-hybridized carbons (Fsp3) is 0.278. The molecule has 0 N–H and O–H groups in total. The molecule has 13 heteroatoms. The van der Waals surface area contributed by atoms with Crippen LogP contribution in [0.2, 0.25) is 10.0 Å². The fourth-order valence-corrected chi connectivity index (χ4v) is 6.84. The predicted molar refractivity (Wildman–Crippen MR) is 187 cm³/mol. The lowest BCUT2D eigenvalue weighted by Gasteiger charge is -2.25. The summed E-state index contributed by atoms with van der Waals surface area (Å²) in [5.41, 5.74) is 3.44. The van der Waals surface area contributed by atoms with Crippen molar-refractivity contribution in [2.45, 2.75) is 40.3 Å². The third-order valence-corrected chi connectivity index (χ3v) is 9.04. The van der Waals surface area contributed by atoms with Crippen molar-refractivity contribution in [3.8, 4) is 17.2 Å². The number of rotatable bonds is 12. The summed E-state index contributed by atoms with van der Waals surface area (Å²) in [5, 5.41) is 0.574. The van der Waals surface area contributed by atoms with E-state index < -0.39 is 18.0 Å². The Hall–Kier alpha value is -4.58. The van der Waals surface area contributed by atoms with E-state index in [0.29, 0.717) is 50.0 Å². The highest BCUT2D eigenvalue weighted by atomic mass is 35.5. The summed E-state index contributed by atoms with van der Waals surface area (Å²) in [6.07, 6.45) is 1.67. The number of halogens is 2. The van der Waals surface area contributed by atoms with Crippen molar-refractivity contribution in [2.24, 2.45) is 4.99 Å². The molecule has 256 valence electrons. The molecule has 0 saturated carbocycles. The molecular weight excluding hydrogens is 691 g/mol. The van der Waals surface area contributed by atoms with E-state index in [1.165, 1.54) is 11.7 Å². The molecule has 0 fully saturated rings. The lowest BCUT2D eigenvalue weighted by molar-refractivity contribution is -0.143. The molecule has 3 aromatic carbocycles. The Bertz CT molecular complexity index is 2080. The van der Waals surface area contributed by atoms with E-state index in [1.54, 1.807) is 57.2 Å². The van der Waals surface area contributed by atoms with Crippen molar-refractivity contribution in [1.82, 2.24) is 4.57 Å². The van der Waals surface area contributed by atoms with Gasteiger partial charge in [-0.3, -0.25) is 9.36 Å². The lowest BCUT2D eigenvalue weighted by Crippen LogP contribution is -2.40. The standard InChI is InChI=1S/C36H34Cl2N2O8S/c1-6-45-28-17-24(12-13-27(28)47-19-30(41)44-5)32-31(35(43)46-7-2)21(4)39-36-40(32)34(42)29(49-36)16-23-14-25(37)33(26(38)15-23)48-18-22-10-8-20(3)9-11-22/h8-17,32H,6-7,18-19H2,1-5H3/b29-16-/t32-/m0/s1. The number of nitrogens with zero attached hydrogens (tertiary/aromatic N) is 2. The molecule has 2 heterocycles. The molecule has 4 aromatic rings. The zero-order chi connectivity index (χ0) is 35.2. The summed E-state index contributed by atoms with van der Waals surface area (Å²) in [7, 11) is 1.26. The van der Waals surface area contributed by atoms with Crippen molar-refractivity contribution in [2.75, 3.05) is 26.9 Å². The number of fused-ring (bicyclic) bond motifs is 1. The molecule has 0 aliphatic carbocycles. The van der Waals surface area contributed by atoms with E-state index in [-0.39, 0.29) is 41.0 Å². The monoisotopic (exact) mass is 724 g/mol. The first kappa shape index (κ1) is 35.7. The number of hydrogen-bond donors (Lipinski definition) is 0. The molecule has 0 radical (unpaired) electrons. The minimum Gasteiger partial charge on any atom is -0.490 e. The molecule has 5 rings (SSSR count). The van der Waals surface area contributed by atoms with Gasteiger partial charge in [-0.2, -0.15) is 0 Å². The van der Waals surface area contributed by atoms with Crippen molar-refractivity contribution >= 4 is 52.6 Å². The fourth-order valence-electron chi connectivity index (χ4n) is 5.18. The van der Waals surface area contributed by atoms with Gasteiger partial charge in [0.15, 0.2) is 28.7 Å². The first-order valence-corrected chi connectivity index (χ1v) is 16.9. The normalized spacial score (nSPS) is 14.2. The van der Waals surface area contributed by atoms with Crippen LogP contribution in [0.25, 0.3) is 6.08 Å². The van der Waals surface area contributed by atoms with Crippen molar-refractivity contribution in [1.29, 1.82) is 0 Å². The Labute approximate surface area is 296 Å². The van der Waals surface area contributed by atoms with Crippen LogP contribution in [0.15, 0.2) is 75.7 Å². The van der Waals surface area contributed by atoms with E-state index in [9.17, 15) is 14.4 Å². The van der Waals surface area contributed by atoms with Crippen molar-refractivity contribution < 1.29 is 33.3 Å². The van der Waals surface area contributed by atoms with Gasteiger partial charge in [0.25, 0.3) is 5.56 Å². The number of hydrogen-bond acceptors (Lipinski definition) is 10.